The van der Waals surface area contributed by atoms with Gasteiger partial charge in [-0.2, -0.15) is 0 Å². The summed E-state index contributed by atoms with van der Waals surface area (Å²) in [6.07, 6.45) is 6.47. The fraction of sp³-hybridized carbons (Fsp3) is 0.250. The lowest BCUT2D eigenvalue weighted by Gasteiger charge is -2.09. The molecule has 0 aliphatic rings. The maximum Gasteiger partial charge on any atom is 0.0541 e. The van der Waals surface area contributed by atoms with E-state index in [9.17, 15) is 0 Å². The highest BCUT2D eigenvalue weighted by atomic mass is 15.0. The molecule has 1 heteroatoms. The van der Waals surface area contributed by atoms with Gasteiger partial charge in [0.2, 0.25) is 0 Å². The van der Waals surface area contributed by atoms with E-state index in [1.165, 1.54) is 65.2 Å². The number of aromatic nitrogens is 1. The second kappa shape index (κ2) is 7.14. The van der Waals surface area contributed by atoms with Crippen LogP contribution in [0.15, 0.2) is 72.8 Å². The smallest absolute Gasteiger partial charge is 0.0541 e. The Balaban J connectivity index is 1.71. The fourth-order valence-corrected chi connectivity index (χ4v) is 3.77. The zero-order valence-corrected chi connectivity index (χ0v) is 14.9. The molecule has 0 N–H and O–H groups in total. The Bertz CT molecular complexity index is 923. The molecule has 0 fully saturated rings. The van der Waals surface area contributed by atoms with Crippen LogP contribution in [0.5, 0.6) is 0 Å². The maximum atomic E-state index is 2.38. The summed E-state index contributed by atoms with van der Waals surface area (Å²) < 4.78 is 2.38. The van der Waals surface area contributed by atoms with Gasteiger partial charge in [0.05, 0.1) is 11.0 Å². The lowest BCUT2D eigenvalue weighted by atomic mass is 10.1. The molecule has 0 aliphatic heterocycles. The molecule has 0 radical (unpaired) electrons. The van der Waals surface area contributed by atoms with Crippen molar-refractivity contribution in [1.29, 1.82) is 0 Å². The first-order chi connectivity index (χ1) is 12.4. The Morgan fingerprint density at radius 3 is 1.84 bits per heavy atom. The van der Waals surface area contributed by atoms with Gasteiger partial charge in [-0.15, -0.1) is 0 Å². The molecule has 0 saturated carbocycles. The molecule has 0 unspecified atom stereocenters. The summed E-state index contributed by atoms with van der Waals surface area (Å²) in [6, 6.07) is 26.5. The summed E-state index contributed by atoms with van der Waals surface area (Å²) in [5.41, 5.74) is 5.24. The molecule has 0 amide bonds. The van der Waals surface area contributed by atoms with Crippen LogP contribution in [0.1, 0.15) is 38.2 Å². The van der Waals surface area contributed by atoms with Gasteiger partial charge in [0.15, 0.2) is 0 Å². The second-order valence-corrected chi connectivity index (χ2v) is 6.85. The largest absolute Gasteiger partial charge is 0.309 e. The second-order valence-electron chi connectivity index (χ2n) is 6.85. The molecule has 0 atom stereocenters. The number of hydrogen-bond acceptors (Lipinski definition) is 0. The number of nitrogens with zero attached hydrogens (tertiary/aromatic N) is 1. The first-order valence-corrected chi connectivity index (χ1v) is 9.46. The van der Waals surface area contributed by atoms with Crippen LogP contribution in [0.2, 0.25) is 0 Å². The number of benzene rings is 3. The van der Waals surface area contributed by atoms with Crippen LogP contribution in [0.4, 0.5) is 0 Å². The molecule has 1 nitrogen and oxygen atoms in total. The predicted octanol–water partition coefficient (Wildman–Crippen LogP) is 6.91. The van der Waals surface area contributed by atoms with E-state index in [0.29, 0.717) is 0 Å². The third-order valence-electron chi connectivity index (χ3n) is 5.09. The maximum absolute atomic E-state index is 2.38. The molecule has 3 aromatic carbocycles. The normalized spacial score (nSPS) is 11.4. The van der Waals surface area contributed by atoms with E-state index in [1.54, 1.807) is 0 Å². The molecule has 4 aromatic rings. The summed E-state index contributed by atoms with van der Waals surface area (Å²) in [5.74, 6) is 0. The molecule has 0 aliphatic carbocycles. The molecule has 1 heterocycles. The number of rotatable bonds is 6. The van der Waals surface area contributed by atoms with Crippen LogP contribution in [-0.4, -0.2) is 4.57 Å². The van der Waals surface area contributed by atoms with Crippen molar-refractivity contribution in [2.75, 3.05) is 0 Å². The molecule has 126 valence electrons. The van der Waals surface area contributed by atoms with Gasteiger partial charge in [0.1, 0.15) is 0 Å². The van der Waals surface area contributed by atoms with Crippen molar-refractivity contribution in [1.82, 2.24) is 4.57 Å². The highest BCUT2D eigenvalue weighted by Gasteiger charge is 2.10. The van der Waals surface area contributed by atoms with Crippen LogP contribution >= 0.6 is 0 Å². The summed E-state index contributed by atoms with van der Waals surface area (Å²) >= 11 is 0. The van der Waals surface area contributed by atoms with Crippen LogP contribution < -0.4 is 0 Å². The first kappa shape index (κ1) is 16.0. The average Bonchev–Trinajstić information content (AvgIpc) is 3.00. The van der Waals surface area contributed by atoms with Crippen LogP contribution in [-0.2, 0) is 6.42 Å². The third kappa shape index (κ3) is 3.07. The summed E-state index contributed by atoms with van der Waals surface area (Å²) in [4.78, 5) is 0. The fourth-order valence-electron chi connectivity index (χ4n) is 3.77. The van der Waals surface area contributed by atoms with Crippen molar-refractivity contribution < 1.29 is 0 Å². The van der Waals surface area contributed by atoms with Gasteiger partial charge in [0, 0.05) is 16.5 Å². The van der Waals surface area contributed by atoms with Gasteiger partial charge >= 0.3 is 0 Å². The van der Waals surface area contributed by atoms with E-state index in [-0.39, 0.29) is 0 Å². The number of fused-ring (bicyclic) bond motifs is 3. The van der Waals surface area contributed by atoms with Crippen molar-refractivity contribution in [3.05, 3.63) is 78.4 Å². The van der Waals surface area contributed by atoms with Gasteiger partial charge in [-0.25, -0.2) is 0 Å². The molecule has 0 saturated heterocycles. The minimum atomic E-state index is 1.19. The zero-order chi connectivity index (χ0) is 17.1. The minimum Gasteiger partial charge on any atom is -0.309 e. The van der Waals surface area contributed by atoms with Crippen molar-refractivity contribution in [3.8, 4) is 5.69 Å². The third-order valence-corrected chi connectivity index (χ3v) is 5.09. The van der Waals surface area contributed by atoms with E-state index in [0.717, 1.165) is 0 Å². The van der Waals surface area contributed by atoms with Crippen molar-refractivity contribution in [2.45, 2.75) is 39.0 Å². The molecule has 0 bridgehead atoms. The monoisotopic (exact) mass is 327 g/mol. The first-order valence-electron chi connectivity index (χ1n) is 9.46. The standard InChI is InChI=1S/C24H25N/c1-2-3-4-5-10-19-15-17-20(18-16-19)25-23-13-8-6-11-21(23)22-12-7-9-14-24(22)25/h6-9,11-18H,2-5,10H2,1H3. The van der Waals surface area contributed by atoms with Crippen LogP contribution in [0.25, 0.3) is 27.5 Å². The van der Waals surface area contributed by atoms with Gasteiger partial charge in [-0.3, -0.25) is 0 Å². The molecular formula is C24H25N. The summed E-state index contributed by atoms with van der Waals surface area (Å²) in [7, 11) is 0. The Labute approximate surface area is 149 Å². The topological polar surface area (TPSA) is 4.93 Å². The Morgan fingerprint density at radius 1 is 0.640 bits per heavy atom. The van der Waals surface area contributed by atoms with Crippen molar-refractivity contribution >= 4 is 21.8 Å². The Hall–Kier alpha value is -2.54. The van der Waals surface area contributed by atoms with E-state index in [2.05, 4.69) is 84.3 Å². The van der Waals surface area contributed by atoms with Gasteiger partial charge < -0.3 is 4.57 Å². The van der Waals surface area contributed by atoms with Gasteiger partial charge in [0.25, 0.3) is 0 Å². The summed E-state index contributed by atoms with van der Waals surface area (Å²) in [6.45, 7) is 2.26. The Kier molecular flexibility index (Phi) is 4.56. The van der Waals surface area contributed by atoms with E-state index >= 15 is 0 Å². The highest BCUT2D eigenvalue weighted by Crippen LogP contribution is 2.31. The molecular weight excluding hydrogens is 302 g/mol. The van der Waals surface area contributed by atoms with Crippen molar-refractivity contribution in [3.63, 3.8) is 0 Å². The lowest BCUT2D eigenvalue weighted by Crippen LogP contribution is -1.94. The van der Waals surface area contributed by atoms with Crippen molar-refractivity contribution in [2.24, 2.45) is 0 Å². The quantitative estimate of drug-likeness (QED) is 0.339. The zero-order valence-electron chi connectivity index (χ0n) is 14.9. The van der Waals surface area contributed by atoms with Crippen LogP contribution in [0.3, 0.4) is 0 Å². The van der Waals surface area contributed by atoms with E-state index in [4.69, 9.17) is 0 Å². The molecule has 1 aromatic heterocycles. The van der Waals surface area contributed by atoms with E-state index < -0.39 is 0 Å². The lowest BCUT2D eigenvalue weighted by molar-refractivity contribution is 0.667. The van der Waals surface area contributed by atoms with Crippen LogP contribution in [0, 0.1) is 0 Å². The Morgan fingerprint density at radius 2 is 1.24 bits per heavy atom. The summed E-state index contributed by atoms with van der Waals surface area (Å²) in [5, 5.41) is 2.64. The number of hydrogen-bond donors (Lipinski definition) is 0. The predicted molar refractivity (Wildman–Crippen MR) is 109 cm³/mol. The average molecular weight is 327 g/mol. The number of para-hydroxylation sites is 2. The number of unbranched alkanes of at least 4 members (excludes halogenated alkanes) is 3. The van der Waals surface area contributed by atoms with Gasteiger partial charge in [-0.05, 0) is 42.7 Å². The SMILES string of the molecule is CCCCCCc1ccc(-n2c3ccccc3c3ccccc32)cc1. The molecule has 4 rings (SSSR count). The minimum absolute atomic E-state index is 1.19. The van der Waals surface area contributed by atoms with Gasteiger partial charge in [-0.1, -0.05) is 74.7 Å². The number of aryl methyl sites for hydroxylation is 1. The molecule has 25 heavy (non-hydrogen) atoms. The highest BCUT2D eigenvalue weighted by molar-refractivity contribution is 6.09. The molecule has 0 spiro atoms. The van der Waals surface area contributed by atoms with E-state index in [1.807, 2.05) is 0 Å².